The number of hydrogen-bond acceptors (Lipinski definition) is 3. The highest BCUT2D eigenvalue weighted by molar-refractivity contribution is 9.10. The van der Waals surface area contributed by atoms with Gasteiger partial charge in [-0.3, -0.25) is 0 Å². The van der Waals surface area contributed by atoms with Crippen LogP contribution in [0.1, 0.15) is 19.8 Å². The number of halogens is 1. The molecule has 0 saturated heterocycles. The average molecular weight is 307 g/mol. The van der Waals surface area contributed by atoms with Crippen molar-refractivity contribution < 1.29 is 8.42 Å². The second-order valence-electron chi connectivity index (χ2n) is 3.47. The van der Waals surface area contributed by atoms with Crippen LogP contribution in [0.15, 0.2) is 27.6 Å². The monoisotopic (exact) mass is 306 g/mol. The lowest BCUT2D eigenvalue weighted by molar-refractivity contribution is 0.598. The molecular weight excluding hydrogens is 292 g/mol. The zero-order chi connectivity index (χ0) is 12.2. The molecule has 0 bridgehead atoms. The van der Waals surface area contributed by atoms with Gasteiger partial charge in [-0.2, -0.15) is 0 Å². The Balaban J connectivity index is 2.84. The molecule has 0 aliphatic carbocycles. The van der Waals surface area contributed by atoms with Crippen LogP contribution >= 0.6 is 15.9 Å². The van der Waals surface area contributed by atoms with Crippen LogP contribution in [-0.4, -0.2) is 15.0 Å². The predicted octanol–water partition coefficient (Wildman–Crippen LogP) is 2.31. The number of benzene rings is 1. The van der Waals surface area contributed by atoms with Gasteiger partial charge in [0.05, 0.1) is 4.90 Å². The first-order valence-corrected chi connectivity index (χ1v) is 7.35. The fourth-order valence-corrected chi connectivity index (χ4v) is 2.43. The first-order chi connectivity index (χ1) is 7.45. The molecule has 0 radical (unpaired) electrons. The van der Waals surface area contributed by atoms with E-state index in [1.165, 1.54) is 12.1 Å². The summed E-state index contributed by atoms with van der Waals surface area (Å²) in [5.41, 5.74) is 0.876. The molecule has 0 atom stereocenters. The molecule has 6 heteroatoms. The molecule has 4 nitrogen and oxygen atoms in total. The number of primary sulfonamides is 1. The molecule has 16 heavy (non-hydrogen) atoms. The summed E-state index contributed by atoms with van der Waals surface area (Å²) in [5.74, 6) is 0. The number of nitrogens with two attached hydrogens (primary N) is 1. The molecule has 0 aliphatic rings. The minimum absolute atomic E-state index is 0.111. The van der Waals surface area contributed by atoms with Gasteiger partial charge in [0.25, 0.3) is 0 Å². The molecule has 1 aromatic carbocycles. The van der Waals surface area contributed by atoms with E-state index in [1.54, 1.807) is 6.07 Å². The molecule has 1 aromatic rings. The van der Waals surface area contributed by atoms with E-state index in [4.69, 9.17) is 5.14 Å². The molecule has 0 fully saturated rings. The van der Waals surface area contributed by atoms with Crippen LogP contribution in [0.25, 0.3) is 0 Å². The topological polar surface area (TPSA) is 72.2 Å². The Morgan fingerprint density at radius 2 is 2.12 bits per heavy atom. The van der Waals surface area contributed by atoms with Gasteiger partial charge in [-0.1, -0.05) is 13.3 Å². The van der Waals surface area contributed by atoms with Gasteiger partial charge in [0.2, 0.25) is 10.0 Å². The summed E-state index contributed by atoms with van der Waals surface area (Å²) in [5, 5.41) is 8.24. The van der Waals surface area contributed by atoms with Crippen molar-refractivity contribution >= 4 is 31.6 Å². The molecule has 0 aromatic heterocycles. The van der Waals surface area contributed by atoms with Crippen LogP contribution in [0.2, 0.25) is 0 Å². The lowest BCUT2D eigenvalue weighted by Gasteiger charge is -2.08. The largest absolute Gasteiger partial charge is 0.384 e. The fraction of sp³-hybridized carbons (Fsp3) is 0.400. The van der Waals surface area contributed by atoms with Crippen molar-refractivity contribution in [2.24, 2.45) is 5.14 Å². The van der Waals surface area contributed by atoms with Crippen LogP contribution < -0.4 is 10.5 Å². The summed E-state index contributed by atoms with van der Waals surface area (Å²) in [6.45, 7) is 2.98. The van der Waals surface area contributed by atoms with Crippen molar-refractivity contribution in [3.05, 3.63) is 22.7 Å². The highest BCUT2D eigenvalue weighted by Gasteiger charge is 2.09. The van der Waals surface area contributed by atoms with Gasteiger partial charge in [-0.15, -0.1) is 0 Å². The minimum atomic E-state index is -3.63. The molecule has 0 spiro atoms. The zero-order valence-corrected chi connectivity index (χ0v) is 11.4. The van der Waals surface area contributed by atoms with E-state index in [1.807, 2.05) is 0 Å². The summed E-state index contributed by atoms with van der Waals surface area (Å²) in [6, 6.07) is 4.71. The number of unbranched alkanes of at least 4 members (excludes halogenated alkanes) is 1. The van der Waals surface area contributed by atoms with E-state index in [0.29, 0.717) is 4.47 Å². The van der Waals surface area contributed by atoms with Crippen LogP contribution in [0.5, 0.6) is 0 Å². The molecule has 3 N–H and O–H groups in total. The lowest BCUT2D eigenvalue weighted by atomic mass is 10.3. The average Bonchev–Trinajstić information content (AvgIpc) is 2.19. The molecule has 0 amide bonds. The van der Waals surface area contributed by atoms with E-state index in [2.05, 4.69) is 28.2 Å². The first-order valence-electron chi connectivity index (χ1n) is 5.01. The molecule has 1 rings (SSSR count). The molecule has 90 valence electrons. The third-order valence-corrected chi connectivity index (χ3v) is 3.68. The van der Waals surface area contributed by atoms with Crippen molar-refractivity contribution in [2.45, 2.75) is 24.7 Å². The van der Waals surface area contributed by atoms with Gasteiger partial charge in [-0.05, 0) is 40.5 Å². The van der Waals surface area contributed by atoms with Gasteiger partial charge in [0, 0.05) is 16.7 Å². The van der Waals surface area contributed by atoms with Gasteiger partial charge in [0.1, 0.15) is 0 Å². The first kappa shape index (κ1) is 13.5. The van der Waals surface area contributed by atoms with Crippen LogP contribution in [-0.2, 0) is 10.0 Å². The highest BCUT2D eigenvalue weighted by Crippen LogP contribution is 2.25. The Bertz CT molecular complexity index is 460. The highest BCUT2D eigenvalue weighted by atomic mass is 79.9. The van der Waals surface area contributed by atoms with Gasteiger partial charge < -0.3 is 5.32 Å². The molecular formula is C10H15BrN2O2S. The molecule has 0 aliphatic heterocycles. The Morgan fingerprint density at radius 1 is 1.44 bits per heavy atom. The van der Waals surface area contributed by atoms with E-state index < -0.39 is 10.0 Å². The van der Waals surface area contributed by atoms with Crippen molar-refractivity contribution in [3.63, 3.8) is 0 Å². The maximum Gasteiger partial charge on any atom is 0.238 e. The number of hydrogen-bond donors (Lipinski definition) is 2. The summed E-state index contributed by atoms with van der Waals surface area (Å²) in [6.07, 6.45) is 2.18. The summed E-state index contributed by atoms with van der Waals surface area (Å²) in [4.78, 5) is 0.111. The molecule has 0 unspecified atom stereocenters. The van der Waals surface area contributed by atoms with Crippen LogP contribution in [0.4, 0.5) is 5.69 Å². The predicted molar refractivity (Wildman–Crippen MR) is 68.9 cm³/mol. The third-order valence-electron chi connectivity index (χ3n) is 2.11. The standard InChI is InChI=1S/C10H15BrN2O2S/c1-2-3-6-13-10-5-4-8(7-9(10)11)16(12,14)15/h4-5,7,13H,2-3,6H2,1H3,(H2,12,14,15). The normalized spacial score (nSPS) is 11.4. The van der Waals surface area contributed by atoms with Crippen LogP contribution in [0.3, 0.4) is 0 Å². The maximum atomic E-state index is 11.1. The molecule has 0 saturated carbocycles. The number of nitrogens with one attached hydrogen (secondary N) is 1. The van der Waals surface area contributed by atoms with Gasteiger partial charge >= 0.3 is 0 Å². The second-order valence-corrected chi connectivity index (χ2v) is 5.88. The van der Waals surface area contributed by atoms with E-state index >= 15 is 0 Å². The van der Waals surface area contributed by atoms with Crippen LogP contribution in [0, 0.1) is 0 Å². The minimum Gasteiger partial charge on any atom is -0.384 e. The van der Waals surface area contributed by atoms with Gasteiger partial charge in [0.15, 0.2) is 0 Å². The number of anilines is 1. The quantitative estimate of drug-likeness (QED) is 0.820. The Kier molecular flexibility index (Phi) is 4.76. The Labute approximate surface area is 104 Å². The number of sulfonamides is 1. The molecule has 0 heterocycles. The summed E-state index contributed by atoms with van der Waals surface area (Å²) >= 11 is 3.31. The smallest absolute Gasteiger partial charge is 0.238 e. The fourth-order valence-electron chi connectivity index (χ4n) is 1.22. The summed E-state index contributed by atoms with van der Waals surface area (Å²) < 4.78 is 22.9. The van der Waals surface area contributed by atoms with Crippen molar-refractivity contribution in [2.75, 3.05) is 11.9 Å². The summed E-state index contributed by atoms with van der Waals surface area (Å²) in [7, 11) is -3.63. The Morgan fingerprint density at radius 3 is 2.62 bits per heavy atom. The van der Waals surface area contributed by atoms with E-state index in [0.717, 1.165) is 25.1 Å². The van der Waals surface area contributed by atoms with Crippen molar-refractivity contribution in [1.29, 1.82) is 0 Å². The lowest BCUT2D eigenvalue weighted by Crippen LogP contribution is -2.12. The van der Waals surface area contributed by atoms with Gasteiger partial charge in [-0.25, -0.2) is 13.6 Å². The Hall–Kier alpha value is -0.590. The van der Waals surface area contributed by atoms with E-state index in [-0.39, 0.29) is 4.90 Å². The zero-order valence-electron chi connectivity index (χ0n) is 9.03. The van der Waals surface area contributed by atoms with Crippen molar-refractivity contribution in [3.8, 4) is 0 Å². The SMILES string of the molecule is CCCCNc1ccc(S(N)(=O)=O)cc1Br. The van der Waals surface area contributed by atoms with E-state index in [9.17, 15) is 8.42 Å². The maximum absolute atomic E-state index is 11.1. The third kappa shape index (κ3) is 3.77. The number of rotatable bonds is 5. The van der Waals surface area contributed by atoms with Crippen molar-refractivity contribution in [1.82, 2.24) is 0 Å². The second kappa shape index (κ2) is 5.65.